The molecule has 0 aromatic heterocycles. The van der Waals surface area contributed by atoms with E-state index < -0.39 is 0 Å². The quantitative estimate of drug-likeness (QED) is 0.817. The van der Waals surface area contributed by atoms with Crippen LogP contribution >= 0.6 is 11.8 Å². The van der Waals surface area contributed by atoms with Gasteiger partial charge in [0.15, 0.2) is 0 Å². The number of benzene rings is 2. The fraction of sp³-hybridized carbons (Fsp3) is 0.222. The molecule has 4 nitrogen and oxygen atoms in total. The Bertz CT molecular complexity index is 659. The van der Waals surface area contributed by atoms with E-state index in [1.54, 1.807) is 0 Å². The van der Waals surface area contributed by atoms with E-state index >= 15 is 0 Å². The molecule has 0 radical (unpaired) electrons. The van der Waals surface area contributed by atoms with Gasteiger partial charge >= 0.3 is 0 Å². The van der Waals surface area contributed by atoms with Gasteiger partial charge in [-0.05, 0) is 30.2 Å². The summed E-state index contributed by atoms with van der Waals surface area (Å²) in [4.78, 5) is 23.7. The zero-order chi connectivity index (χ0) is 16.5. The molecule has 5 heteroatoms. The van der Waals surface area contributed by atoms with Crippen LogP contribution in [0.4, 0.5) is 11.4 Å². The van der Waals surface area contributed by atoms with Gasteiger partial charge in [0.1, 0.15) is 0 Å². The Morgan fingerprint density at radius 2 is 1.48 bits per heavy atom. The molecule has 0 aliphatic rings. The molecule has 0 bridgehead atoms. The summed E-state index contributed by atoms with van der Waals surface area (Å²) in [6.07, 6.45) is 0.864. The average Bonchev–Trinajstić information content (AvgIpc) is 2.56. The highest BCUT2D eigenvalue weighted by molar-refractivity contribution is 8.00. The summed E-state index contributed by atoms with van der Waals surface area (Å²) in [7, 11) is 0. The van der Waals surface area contributed by atoms with E-state index in [-0.39, 0.29) is 23.3 Å². The standard InChI is InChI=1S/C18H20N2O2S/c1-2-14-8-6-7-11-16(14)20-18(22)13-23-12-17(21)19-15-9-4-3-5-10-15/h3-11H,2,12-13H2,1H3,(H,19,21)(H,20,22). The van der Waals surface area contributed by atoms with Crippen molar-refractivity contribution in [1.82, 2.24) is 0 Å². The summed E-state index contributed by atoms with van der Waals surface area (Å²) in [5.74, 6) is 0.296. The molecule has 0 fully saturated rings. The molecule has 0 aliphatic carbocycles. The maximum Gasteiger partial charge on any atom is 0.234 e. The fourth-order valence-electron chi connectivity index (χ4n) is 2.09. The Balaban J connectivity index is 1.73. The van der Waals surface area contributed by atoms with E-state index in [2.05, 4.69) is 10.6 Å². The first-order chi connectivity index (χ1) is 11.2. The van der Waals surface area contributed by atoms with Crippen molar-refractivity contribution in [3.63, 3.8) is 0 Å². The number of thioether (sulfide) groups is 1. The summed E-state index contributed by atoms with van der Waals surface area (Å²) >= 11 is 1.30. The molecule has 0 saturated heterocycles. The summed E-state index contributed by atoms with van der Waals surface area (Å²) in [5.41, 5.74) is 2.71. The Labute approximate surface area is 140 Å². The zero-order valence-corrected chi connectivity index (χ0v) is 13.9. The van der Waals surface area contributed by atoms with Crippen LogP contribution in [-0.2, 0) is 16.0 Å². The monoisotopic (exact) mass is 328 g/mol. The van der Waals surface area contributed by atoms with E-state index in [0.29, 0.717) is 0 Å². The second kappa shape index (κ2) is 9.00. The first-order valence-electron chi connectivity index (χ1n) is 7.49. The number of carbonyl (C=O) groups is 2. The second-order valence-electron chi connectivity index (χ2n) is 4.97. The minimum Gasteiger partial charge on any atom is -0.325 e. The summed E-state index contributed by atoms with van der Waals surface area (Å²) in [5, 5.41) is 5.69. The Kier molecular flexibility index (Phi) is 6.69. The fourth-order valence-corrected chi connectivity index (χ4v) is 2.71. The van der Waals surface area contributed by atoms with E-state index in [4.69, 9.17) is 0 Å². The van der Waals surface area contributed by atoms with Gasteiger partial charge in [-0.3, -0.25) is 9.59 Å². The number of hydrogen-bond donors (Lipinski definition) is 2. The van der Waals surface area contributed by atoms with Gasteiger partial charge < -0.3 is 10.6 Å². The van der Waals surface area contributed by atoms with E-state index in [1.165, 1.54) is 11.8 Å². The van der Waals surface area contributed by atoms with Crippen molar-refractivity contribution < 1.29 is 9.59 Å². The van der Waals surface area contributed by atoms with Crippen LogP contribution in [-0.4, -0.2) is 23.3 Å². The molecule has 0 aliphatic heterocycles. The maximum atomic E-state index is 12.0. The van der Waals surface area contributed by atoms with E-state index in [1.807, 2.05) is 61.5 Å². The normalized spacial score (nSPS) is 10.1. The molecule has 2 rings (SSSR count). The van der Waals surface area contributed by atoms with Gasteiger partial charge in [-0.2, -0.15) is 0 Å². The first-order valence-corrected chi connectivity index (χ1v) is 8.65. The minimum atomic E-state index is -0.108. The number of carbonyl (C=O) groups excluding carboxylic acids is 2. The highest BCUT2D eigenvalue weighted by atomic mass is 32.2. The Hall–Kier alpha value is -2.27. The summed E-state index contributed by atoms with van der Waals surface area (Å²) in [6, 6.07) is 17.0. The molecule has 2 N–H and O–H groups in total. The van der Waals surface area contributed by atoms with Crippen molar-refractivity contribution >= 4 is 35.0 Å². The number of hydrogen-bond acceptors (Lipinski definition) is 3. The highest BCUT2D eigenvalue weighted by Gasteiger charge is 2.08. The van der Waals surface area contributed by atoms with Crippen LogP contribution in [0.15, 0.2) is 54.6 Å². The molecule has 0 atom stereocenters. The molecule has 0 unspecified atom stereocenters. The topological polar surface area (TPSA) is 58.2 Å². The first kappa shape index (κ1) is 17.1. The average molecular weight is 328 g/mol. The number of nitrogens with one attached hydrogen (secondary N) is 2. The SMILES string of the molecule is CCc1ccccc1NC(=O)CSCC(=O)Nc1ccccc1. The van der Waals surface area contributed by atoms with Gasteiger partial charge in [-0.25, -0.2) is 0 Å². The number of rotatable bonds is 7. The van der Waals surface area contributed by atoms with Crippen molar-refractivity contribution in [2.24, 2.45) is 0 Å². The van der Waals surface area contributed by atoms with Crippen LogP contribution in [0.2, 0.25) is 0 Å². The third-order valence-electron chi connectivity index (χ3n) is 3.20. The number of aryl methyl sites for hydroxylation is 1. The molecular formula is C18H20N2O2S. The smallest absolute Gasteiger partial charge is 0.234 e. The van der Waals surface area contributed by atoms with Gasteiger partial charge in [0, 0.05) is 11.4 Å². The maximum absolute atomic E-state index is 12.0. The number of anilines is 2. The minimum absolute atomic E-state index is 0.0941. The van der Waals surface area contributed by atoms with Crippen molar-refractivity contribution in [2.75, 3.05) is 22.1 Å². The Morgan fingerprint density at radius 1 is 0.870 bits per heavy atom. The van der Waals surface area contributed by atoms with Gasteiger partial charge in [-0.1, -0.05) is 43.3 Å². The zero-order valence-electron chi connectivity index (χ0n) is 13.0. The lowest BCUT2D eigenvalue weighted by Gasteiger charge is -2.09. The molecule has 2 aromatic carbocycles. The van der Waals surface area contributed by atoms with Crippen LogP contribution in [0.3, 0.4) is 0 Å². The molecule has 0 saturated carbocycles. The molecule has 120 valence electrons. The predicted octanol–water partition coefficient (Wildman–Crippen LogP) is 3.56. The third-order valence-corrected chi connectivity index (χ3v) is 4.13. The Morgan fingerprint density at radius 3 is 2.17 bits per heavy atom. The lowest BCUT2D eigenvalue weighted by atomic mass is 10.1. The van der Waals surface area contributed by atoms with Crippen LogP contribution in [0, 0.1) is 0 Å². The van der Waals surface area contributed by atoms with Gasteiger partial charge in [0.2, 0.25) is 11.8 Å². The lowest BCUT2D eigenvalue weighted by Crippen LogP contribution is -2.18. The van der Waals surface area contributed by atoms with Crippen molar-refractivity contribution in [3.05, 3.63) is 60.2 Å². The second-order valence-corrected chi connectivity index (χ2v) is 5.95. The van der Waals surface area contributed by atoms with Crippen molar-refractivity contribution in [3.8, 4) is 0 Å². The van der Waals surface area contributed by atoms with Crippen LogP contribution in [0.1, 0.15) is 12.5 Å². The molecule has 2 aromatic rings. The molecule has 2 amide bonds. The van der Waals surface area contributed by atoms with Crippen LogP contribution < -0.4 is 10.6 Å². The third kappa shape index (κ3) is 5.79. The van der Waals surface area contributed by atoms with Crippen LogP contribution in [0.5, 0.6) is 0 Å². The van der Waals surface area contributed by atoms with Crippen molar-refractivity contribution in [2.45, 2.75) is 13.3 Å². The number of para-hydroxylation sites is 2. The largest absolute Gasteiger partial charge is 0.325 e. The van der Waals surface area contributed by atoms with Crippen molar-refractivity contribution in [1.29, 1.82) is 0 Å². The van der Waals surface area contributed by atoms with Gasteiger partial charge in [0.05, 0.1) is 11.5 Å². The van der Waals surface area contributed by atoms with E-state index in [9.17, 15) is 9.59 Å². The van der Waals surface area contributed by atoms with Gasteiger partial charge in [0.25, 0.3) is 0 Å². The molecule has 23 heavy (non-hydrogen) atoms. The lowest BCUT2D eigenvalue weighted by molar-refractivity contribution is -0.114. The molecule has 0 heterocycles. The van der Waals surface area contributed by atoms with Crippen LogP contribution in [0.25, 0.3) is 0 Å². The molecule has 0 spiro atoms. The number of amides is 2. The van der Waals surface area contributed by atoms with E-state index in [0.717, 1.165) is 23.4 Å². The summed E-state index contributed by atoms with van der Waals surface area (Å²) < 4.78 is 0. The van der Waals surface area contributed by atoms with Gasteiger partial charge in [-0.15, -0.1) is 11.8 Å². The molecular weight excluding hydrogens is 308 g/mol. The predicted molar refractivity (Wildman–Crippen MR) is 96.8 cm³/mol. The summed E-state index contributed by atoms with van der Waals surface area (Å²) in [6.45, 7) is 2.05. The highest BCUT2D eigenvalue weighted by Crippen LogP contribution is 2.16.